The molecule has 3 aromatic rings. The van der Waals surface area contributed by atoms with Gasteiger partial charge in [0, 0.05) is 0 Å². The van der Waals surface area contributed by atoms with E-state index in [1.54, 1.807) is 34.0 Å². The van der Waals surface area contributed by atoms with E-state index in [1.165, 1.54) is 27.1 Å². The normalized spacial score (nSPS) is 18.8. The van der Waals surface area contributed by atoms with Gasteiger partial charge < -0.3 is 24.8 Å². The first-order chi connectivity index (χ1) is 22.4. The van der Waals surface area contributed by atoms with Gasteiger partial charge in [0.05, 0.1) is 0 Å². The molecule has 0 saturated carbocycles. The Morgan fingerprint density at radius 2 is 1.26 bits per heavy atom. The largest absolute Gasteiger partial charge is 1.00 e. The Morgan fingerprint density at radius 1 is 0.700 bits per heavy atom. The van der Waals surface area contributed by atoms with E-state index >= 15 is 0 Å². The van der Waals surface area contributed by atoms with Gasteiger partial charge in [0.15, 0.2) is 0 Å². The van der Waals surface area contributed by atoms with Crippen LogP contribution in [0.15, 0.2) is 125 Å². The van der Waals surface area contributed by atoms with Crippen LogP contribution in [0.2, 0.25) is 44.3 Å². The van der Waals surface area contributed by atoms with Crippen molar-refractivity contribution in [3.8, 4) is 0 Å². The van der Waals surface area contributed by atoms with Crippen molar-refractivity contribution < 1.29 is 47.6 Å². The van der Waals surface area contributed by atoms with Gasteiger partial charge in [0.2, 0.25) is 0 Å². The Balaban J connectivity index is 0.00000281. The smallest absolute Gasteiger partial charge is 1.00 e. The van der Waals surface area contributed by atoms with E-state index in [4.69, 9.17) is 0 Å². The molecule has 6 rings (SSSR count). The molecule has 3 aromatic carbocycles. The van der Waals surface area contributed by atoms with Crippen molar-refractivity contribution in [2.24, 2.45) is 5.41 Å². The zero-order valence-corrected chi connectivity index (χ0v) is 38.2. The fraction of sp³-hybridized carbons (Fsp3) is 0.356. The summed E-state index contributed by atoms with van der Waals surface area (Å²) in [5.41, 5.74) is 10.8. The van der Waals surface area contributed by atoms with Crippen LogP contribution < -0.4 is 35.3 Å². The number of hydrogen-bond acceptors (Lipinski definition) is 0. The second kappa shape index (κ2) is 14.5. The molecule has 0 saturated heterocycles. The van der Waals surface area contributed by atoms with E-state index in [0.717, 1.165) is 6.42 Å². The summed E-state index contributed by atoms with van der Waals surface area (Å²) in [5, 5.41) is 4.69. The zero-order chi connectivity index (χ0) is 34.9. The Morgan fingerprint density at radius 3 is 1.70 bits per heavy atom. The summed E-state index contributed by atoms with van der Waals surface area (Å²) in [7, 11) is -3.69. The molecule has 0 aliphatic heterocycles. The quantitative estimate of drug-likeness (QED) is 0.316. The summed E-state index contributed by atoms with van der Waals surface area (Å²) in [5.74, 6) is 0. The predicted molar refractivity (Wildman–Crippen MR) is 213 cm³/mol. The van der Waals surface area contributed by atoms with E-state index in [1.807, 2.05) is 0 Å². The van der Waals surface area contributed by atoms with Crippen LogP contribution in [-0.4, -0.2) is 19.4 Å². The minimum Gasteiger partial charge on any atom is -1.00 e. The SMILES string of the molecule is CC(C)(C)c1ccc2c(c1)=[C]([Zr+2]=[C](c1ccccc1)c1ccccc1)C1=C(C3=CC=CC3)C(C(C)(C)C)([Si](C)(C)C)C=C([Si](C)(C)C)C=21.[Cl-].[Cl-]. The maximum atomic E-state index is 2.90. The van der Waals surface area contributed by atoms with E-state index in [0.29, 0.717) is 0 Å². The van der Waals surface area contributed by atoms with E-state index in [2.05, 4.69) is 184 Å². The summed E-state index contributed by atoms with van der Waals surface area (Å²) in [4.78, 5) is 0. The van der Waals surface area contributed by atoms with Gasteiger partial charge in [-0.1, -0.05) is 0 Å². The number of allylic oxidation sites excluding steroid dienone is 8. The minimum absolute atomic E-state index is 0. The topological polar surface area (TPSA) is 0 Å². The van der Waals surface area contributed by atoms with Crippen LogP contribution in [-0.2, 0) is 28.2 Å². The van der Waals surface area contributed by atoms with Crippen LogP contribution in [0.4, 0.5) is 0 Å². The van der Waals surface area contributed by atoms with Crippen LogP contribution in [0.25, 0.3) is 8.85 Å². The molecular formula is C45H55Cl2Si2Zr. The number of halogens is 2. The molecule has 0 bridgehead atoms. The molecule has 0 fully saturated rings. The second-order valence-corrected chi connectivity index (χ2v) is 31.6. The van der Waals surface area contributed by atoms with Crippen molar-refractivity contribution in [1.29, 1.82) is 0 Å². The first kappa shape index (κ1) is 40.9. The van der Waals surface area contributed by atoms with Gasteiger partial charge in [0.25, 0.3) is 0 Å². The van der Waals surface area contributed by atoms with Gasteiger partial charge >= 0.3 is 306 Å². The summed E-state index contributed by atoms with van der Waals surface area (Å²) < 4.78 is 3.27. The molecule has 3 aliphatic carbocycles. The Bertz CT molecular complexity index is 2000. The van der Waals surface area contributed by atoms with Gasteiger partial charge in [0.1, 0.15) is 0 Å². The first-order valence-electron chi connectivity index (χ1n) is 17.9. The van der Waals surface area contributed by atoms with Gasteiger partial charge in [-0.3, -0.25) is 0 Å². The van der Waals surface area contributed by atoms with Gasteiger partial charge in [-0.05, 0) is 0 Å². The fourth-order valence-corrected chi connectivity index (χ4v) is 18.2. The molecule has 0 heterocycles. The van der Waals surface area contributed by atoms with Crippen LogP contribution in [0.1, 0.15) is 64.7 Å². The number of hydrogen-bond donors (Lipinski definition) is 0. The maximum absolute atomic E-state index is 2.90. The Labute approximate surface area is 328 Å². The number of fused-ring (bicyclic) bond motifs is 2. The third kappa shape index (κ3) is 7.09. The van der Waals surface area contributed by atoms with E-state index < -0.39 is 38.9 Å². The minimum atomic E-state index is -1.89. The monoisotopic (exact) mass is 811 g/mol. The summed E-state index contributed by atoms with van der Waals surface area (Å²) >= 11 is -1.40. The molecule has 50 heavy (non-hydrogen) atoms. The molecule has 5 heteroatoms. The average molecular weight is 814 g/mol. The van der Waals surface area contributed by atoms with Crippen LogP contribution >= 0.6 is 0 Å². The van der Waals surface area contributed by atoms with Gasteiger partial charge in [-0.25, -0.2) is 0 Å². The molecule has 0 radical (unpaired) electrons. The van der Waals surface area contributed by atoms with Crippen molar-refractivity contribution in [2.45, 2.75) is 97.7 Å². The molecule has 0 spiro atoms. The van der Waals surface area contributed by atoms with Crippen molar-refractivity contribution in [2.75, 3.05) is 0 Å². The molecular weight excluding hydrogens is 759 g/mol. The molecule has 261 valence electrons. The van der Waals surface area contributed by atoms with Gasteiger partial charge in [-0.2, -0.15) is 0 Å². The third-order valence-corrected chi connectivity index (χ3v) is 20.3. The number of benzene rings is 3. The molecule has 0 N–H and O–H groups in total. The molecule has 0 amide bonds. The van der Waals surface area contributed by atoms with E-state index in [9.17, 15) is 0 Å². The summed E-state index contributed by atoms with van der Waals surface area (Å²) in [6.45, 7) is 30.5. The molecule has 1 unspecified atom stereocenters. The third-order valence-electron chi connectivity index (χ3n) is 10.8. The summed E-state index contributed by atoms with van der Waals surface area (Å²) in [6, 6.07) is 30.2. The van der Waals surface area contributed by atoms with Crippen LogP contribution in [0, 0.1) is 5.41 Å². The maximum Gasteiger partial charge on any atom is -1.00 e. The second-order valence-electron chi connectivity index (χ2n) is 18.2. The van der Waals surface area contributed by atoms with Crippen LogP contribution in [0.3, 0.4) is 0 Å². The van der Waals surface area contributed by atoms with Crippen molar-refractivity contribution in [1.82, 2.24) is 0 Å². The number of rotatable bonds is 6. The first-order valence-corrected chi connectivity index (χ1v) is 27.3. The Hall–Kier alpha value is -1.87. The average Bonchev–Trinajstić information content (AvgIpc) is 3.64. The van der Waals surface area contributed by atoms with Crippen molar-refractivity contribution in [3.63, 3.8) is 0 Å². The van der Waals surface area contributed by atoms with E-state index in [-0.39, 0.29) is 40.7 Å². The summed E-state index contributed by atoms with van der Waals surface area (Å²) in [6.07, 6.45) is 11.1. The fourth-order valence-electron chi connectivity index (χ4n) is 8.64. The van der Waals surface area contributed by atoms with Gasteiger partial charge in [-0.15, -0.1) is 0 Å². The predicted octanol–water partition coefficient (Wildman–Crippen LogP) is 4.74. The molecule has 0 nitrogen and oxygen atoms in total. The zero-order valence-electron chi connectivity index (χ0n) is 32.3. The standard InChI is InChI=1S/C32H45Si2.C13H10.2ClH.Zr/c1-30(2,3)24-17-18-25-23(19-24)20-26-28(25)27(33(7,8)9)21-32(31(4,5)6,34(10,11)12)29(26)22-15-13-14-16-22;1-3-7-12(8-4-1)11-13-9-5-2-6-10-13;;;/h13-15,17-19,21H,16H2,1-12H3;1-10H;2*1H;/q;;;;+2/p-2. The molecule has 1 atom stereocenters. The molecule has 3 aliphatic rings. The van der Waals surface area contributed by atoms with Crippen molar-refractivity contribution in [3.05, 3.63) is 152 Å². The Kier molecular flexibility index (Phi) is 11.9. The van der Waals surface area contributed by atoms with Crippen LogP contribution in [0.5, 0.6) is 0 Å². The van der Waals surface area contributed by atoms with Crippen molar-refractivity contribution >= 4 is 28.2 Å². The molecule has 0 aromatic heterocycles.